The molecule has 1 aliphatic rings. The summed E-state index contributed by atoms with van der Waals surface area (Å²) in [5.41, 5.74) is 0. The molecule has 1 atom stereocenters. The van der Waals surface area contributed by atoms with Crippen LogP contribution >= 0.6 is 11.6 Å². The van der Waals surface area contributed by atoms with Crippen LogP contribution in [0.5, 0.6) is 5.75 Å². The van der Waals surface area contributed by atoms with Gasteiger partial charge in [0.25, 0.3) is 0 Å². The summed E-state index contributed by atoms with van der Waals surface area (Å²) in [6, 6.07) is 7.22. The van der Waals surface area contributed by atoms with E-state index in [2.05, 4.69) is 5.32 Å². The lowest BCUT2D eigenvalue weighted by atomic mass is 9.83. The van der Waals surface area contributed by atoms with Gasteiger partial charge in [-0.2, -0.15) is 0 Å². The number of benzene rings is 1. The van der Waals surface area contributed by atoms with Gasteiger partial charge in [-0.1, -0.05) is 36.9 Å². The first-order chi connectivity index (χ1) is 9.24. The highest BCUT2D eigenvalue weighted by Gasteiger charge is 2.16. The molecular weight excluding hydrogens is 262 g/mol. The van der Waals surface area contributed by atoms with Crippen LogP contribution < -0.4 is 10.1 Å². The third-order valence-corrected chi connectivity index (χ3v) is 3.81. The Kier molecular flexibility index (Phi) is 5.95. The molecule has 0 heterocycles. The Bertz CT molecular complexity index is 382. The first-order valence-corrected chi connectivity index (χ1v) is 7.39. The quantitative estimate of drug-likeness (QED) is 0.721. The van der Waals surface area contributed by atoms with Crippen LogP contribution in [-0.2, 0) is 0 Å². The van der Waals surface area contributed by atoms with Crippen LogP contribution in [0, 0.1) is 5.92 Å². The molecular formula is C15H22ClNO2. The highest BCUT2D eigenvalue weighted by Crippen LogP contribution is 2.28. The van der Waals surface area contributed by atoms with E-state index in [9.17, 15) is 5.11 Å². The molecule has 1 unspecified atom stereocenters. The highest BCUT2D eigenvalue weighted by molar-refractivity contribution is 6.30. The molecule has 1 aromatic carbocycles. The molecule has 1 saturated carbocycles. The van der Waals surface area contributed by atoms with Gasteiger partial charge in [0.1, 0.15) is 18.5 Å². The van der Waals surface area contributed by atoms with Gasteiger partial charge in [-0.15, -0.1) is 0 Å². The van der Waals surface area contributed by atoms with Crippen LogP contribution in [0.3, 0.4) is 0 Å². The number of ether oxygens (including phenoxy) is 1. The van der Waals surface area contributed by atoms with E-state index in [1.807, 2.05) is 12.1 Å². The van der Waals surface area contributed by atoms with Gasteiger partial charge in [0.05, 0.1) is 0 Å². The predicted molar refractivity (Wildman–Crippen MR) is 77.8 cm³/mol. The molecule has 1 aliphatic carbocycles. The molecule has 0 spiro atoms. The smallest absolute Gasteiger partial charge is 0.120 e. The van der Waals surface area contributed by atoms with Gasteiger partial charge in [0, 0.05) is 11.6 Å². The normalized spacial score (nSPS) is 16.9. The van der Waals surface area contributed by atoms with Gasteiger partial charge in [0.2, 0.25) is 0 Å². The molecule has 0 saturated heterocycles. The summed E-state index contributed by atoms with van der Waals surface area (Å²) in [7, 11) is 0. The van der Waals surface area contributed by atoms with E-state index >= 15 is 0 Å². The minimum atomic E-state index is -0.486. The fraction of sp³-hybridized carbons (Fsp3) is 0.600. The average Bonchev–Trinajstić information content (AvgIpc) is 2.34. The summed E-state index contributed by atoms with van der Waals surface area (Å²) in [6.45, 7) is 1.85. The standard InChI is InChI=1S/C15H22ClNO2/c16-13-5-2-6-15(9-13)19-11-14(18)10-17-8-7-12-3-1-4-12/h2,5-6,9,12,14,17-18H,1,3-4,7-8,10-11H2. The maximum Gasteiger partial charge on any atom is 0.120 e. The molecule has 2 rings (SSSR count). The summed E-state index contributed by atoms with van der Waals surface area (Å²) in [5, 5.41) is 13.7. The lowest BCUT2D eigenvalue weighted by Gasteiger charge is -2.25. The zero-order chi connectivity index (χ0) is 13.5. The third-order valence-electron chi connectivity index (χ3n) is 3.57. The number of aliphatic hydroxyl groups is 1. The van der Waals surface area contributed by atoms with Crippen molar-refractivity contribution in [3.63, 3.8) is 0 Å². The molecule has 19 heavy (non-hydrogen) atoms. The monoisotopic (exact) mass is 283 g/mol. The van der Waals surface area contributed by atoms with Crippen LogP contribution in [0.15, 0.2) is 24.3 Å². The Morgan fingerprint density at radius 3 is 2.95 bits per heavy atom. The number of halogens is 1. The van der Waals surface area contributed by atoms with Crippen molar-refractivity contribution in [1.29, 1.82) is 0 Å². The third kappa shape index (κ3) is 5.39. The van der Waals surface area contributed by atoms with E-state index in [1.54, 1.807) is 12.1 Å². The molecule has 3 nitrogen and oxygen atoms in total. The Morgan fingerprint density at radius 2 is 2.26 bits per heavy atom. The first-order valence-electron chi connectivity index (χ1n) is 7.01. The molecule has 0 radical (unpaired) electrons. The number of rotatable bonds is 8. The minimum absolute atomic E-state index is 0.288. The Morgan fingerprint density at radius 1 is 1.42 bits per heavy atom. The largest absolute Gasteiger partial charge is 0.491 e. The maximum atomic E-state index is 9.80. The minimum Gasteiger partial charge on any atom is -0.491 e. The molecule has 106 valence electrons. The van der Waals surface area contributed by atoms with E-state index in [4.69, 9.17) is 16.3 Å². The van der Waals surface area contributed by atoms with Crippen molar-refractivity contribution in [2.75, 3.05) is 19.7 Å². The zero-order valence-corrected chi connectivity index (χ0v) is 11.9. The lowest BCUT2D eigenvalue weighted by Crippen LogP contribution is -2.33. The Hall–Kier alpha value is -0.770. The van der Waals surface area contributed by atoms with E-state index in [0.717, 1.165) is 12.5 Å². The molecule has 0 aromatic heterocycles. The summed E-state index contributed by atoms with van der Waals surface area (Å²) >= 11 is 5.86. The van der Waals surface area contributed by atoms with Crippen LogP contribution in [0.4, 0.5) is 0 Å². The predicted octanol–water partition coefficient (Wildman–Crippen LogP) is 2.86. The molecule has 1 fully saturated rings. The Balaban J connectivity index is 1.54. The second kappa shape index (κ2) is 7.73. The van der Waals surface area contributed by atoms with Crippen molar-refractivity contribution < 1.29 is 9.84 Å². The van der Waals surface area contributed by atoms with Gasteiger partial charge < -0.3 is 15.2 Å². The molecule has 0 bridgehead atoms. The van der Waals surface area contributed by atoms with Gasteiger partial charge in [0.15, 0.2) is 0 Å². The molecule has 0 amide bonds. The van der Waals surface area contributed by atoms with E-state index in [1.165, 1.54) is 25.7 Å². The second-order valence-electron chi connectivity index (χ2n) is 5.21. The van der Waals surface area contributed by atoms with Crippen LogP contribution in [0.1, 0.15) is 25.7 Å². The summed E-state index contributed by atoms with van der Waals surface area (Å²) in [5.74, 6) is 1.60. The summed E-state index contributed by atoms with van der Waals surface area (Å²) < 4.78 is 5.48. The van der Waals surface area contributed by atoms with Crippen molar-refractivity contribution in [2.45, 2.75) is 31.8 Å². The fourth-order valence-corrected chi connectivity index (χ4v) is 2.34. The fourth-order valence-electron chi connectivity index (χ4n) is 2.16. The van der Waals surface area contributed by atoms with Crippen molar-refractivity contribution in [2.24, 2.45) is 5.92 Å². The van der Waals surface area contributed by atoms with Crippen LogP contribution in [0.25, 0.3) is 0 Å². The van der Waals surface area contributed by atoms with Crippen molar-refractivity contribution >= 4 is 11.6 Å². The highest BCUT2D eigenvalue weighted by atomic mass is 35.5. The summed E-state index contributed by atoms with van der Waals surface area (Å²) in [6.07, 6.45) is 4.88. The zero-order valence-electron chi connectivity index (χ0n) is 11.1. The second-order valence-corrected chi connectivity index (χ2v) is 5.65. The molecule has 1 aromatic rings. The number of hydrogen-bond acceptors (Lipinski definition) is 3. The van der Waals surface area contributed by atoms with Crippen LogP contribution in [-0.4, -0.2) is 30.9 Å². The van der Waals surface area contributed by atoms with Gasteiger partial charge >= 0.3 is 0 Å². The molecule has 2 N–H and O–H groups in total. The number of aliphatic hydroxyl groups excluding tert-OH is 1. The van der Waals surface area contributed by atoms with Gasteiger partial charge in [-0.25, -0.2) is 0 Å². The average molecular weight is 284 g/mol. The molecule has 4 heteroatoms. The van der Waals surface area contributed by atoms with Crippen LogP contribution in [0.2, 0.25) is 5.02 Å². The SMILES string of the molecule is OC(CNCCC1CCC1)COc1cccc(Cl)c1. The topological polar surface area (TPSA) is 41.5 Å². The van der Waals surface area contributed by atoms with Crippen molar-refractivity contribution in [3.05, 3.63) is 29.3 Å². The summed E-state index contributed by atoms with van der Waals surface area (Å²) in [4.78, 5) is 0. The van der Waals surface area contributed by atoms with Gasteiger partial charge in [-0.3, -0.25) is 0 Å². The lowest BCUT2D eigenvalue weighted by molar-refractivity contribution is 0.105. The van der Waals surface area contributed by atoms with Crippen molar-refractivity contribution in [3.8, 4) is 5.75 Å². The van der Waals surface area contributed by atoms with E-state index in [0.29, 0.717) is 17.3 Å². The Labute approximate surface area is 119 Å². The van der Waals surface area contributed by atoms with E-state index in [-0.39, 0.29) is 6.61 Å². The van der Waals surface area contributed by atoms with Gasteiger partial charge in [-0.05, 0) is 37.1 Å². The maximum absolute atomic E-state index is 9.80. The van der Waals surface area contributed by atoms with E-state index < -0.39 is 6.10 Å². The number of hydrogen-bond donors (Lipinski definition) is 2. The first kappa shape index (κ1) is 14.6. The van der Waals surface area contributed by atoms with Crippen molar-refractivity contribution in [1.82, 2.24) is 5.32 Å². The molecule has 0 aliphatic heterocycles. The number of nitrogens with one attached hydrogen (secondary N) is 1.